The van der Waals surface area contributed by atoms with Crippen LogP contribution in [0, 0.1) is 6.92 Å². The molecule has 1 amide bonds. The van der Waals surface area contributed by atoms with Crippen molar-refractivity contribution in [2.75, 3.05) is 47.1 Å². The number of amides is 1. The molecule has 0 aromatic heterocycles. The molecular weight excluding hydrogens is 446 g/mol. The molecule has 186 valence electrons. The van der Waals surface area contributed by atoms with Crippen LogP contribution in [0.4, 0.5) is 0 Å². The predicted octanol–water partition coefficient (Wildman–Crippen LogP) is 3.53. The number of piperidine rings is 1. The Morgan fingerprint density at radius 3 is 2.54 bits per heavy atom. The highest BCUT2D eigenvalue weighted by molar-refractivity contribution is 6.03. The Balaban J connectivity index is 1.39. The highest BCUT2D eigenvalue weighted by atomic mass is 16.7. The van der Waals surface area contributed by atoms with Crippen molar-refractivity contribution in [2.45, 2.75) is 38.0 Å². The van der Waals surface area contributed by atoms with E-state index in [9.17, 15) is 4.79 Å². The lowest BCUT2D eigenvalue weighted by molar-refractivity contribution is -0.186. The van der Waals surface area contributed by atoms with Crippen molar-refractivity contribution in [3.05, 3.63) is 59.2 Å². The van der Waals surface area contributed by atoms with E-state index in [0.717, 1.165) is 48.3 Å². The molecule has 2 aromatic carbocycles. The SMILES string of the molecule is COc1ccc([C@@H]2CC(c3cccc(C)c3)=NN2C(=O)CN2CCC3(CC2)OCCO3)c(OC)c1. The first kappa shape index (κ1) is 23.8. The zero-order chi connectivity index (χ0) is 24.4. The molecule has 1 atom stereocenters. The van der Waals surface area contributed by atoms with Gasteiger partial charge in [-0.1, -0.05) is 29.8 Å². The fourth-order valence-electron chi connectivity index (χ4n) is 5.18. The van der Waals surface area contributed by atoms with Gasteiger partial charge in [0, 0.05) is 44.0 Å². The van der Waals surface area contributed by atoms with Crippen LogP contribution in [0.25, 0.3) is 0 Å². The molecule has 35 heavy (non-hydrogen) atoms. The molecule has 1 spiro atoms. The Morgan fingerprint density at radius 1 is 1.09 bits per heavy atom. The maximum Gasteiger partial charge on any atom is 0.257 e. The van der Waals surface area contributed by atoms with Gasteiger partial charge in [0.25, 0.3) is 5.91 Å². The second-order valence-electron chi connectivity index (χ2n) is 9.37. The van der Waals surface area contributed by atoms with Crippen molar-refractivity contribution < 1.29 is 23.7 Å². The van der Waals surface area contributed by atoms with Gasteiger partial charge in [0.2, 0.25) is 0 Å². The van der Waals surface area contributed by atoms with Crippen molar-refractivity contribution >= 4 is 11.6 Å². The second-order valence-corrected chi connectivity index (χ2v) is 9.37. The lowest BCUT2D eigenvalue weighted by Crippen LogP contribution is -2.48. The standard InChI is InChI=1S/C27H33N3O5/c1-19-5-4-6-20(15-19)23-17-24(22-8-7-21(32-2)16-25(22)33-3)30(28-23)26(31)18-29-11-9-27(10-12-29)34-13-14-35-27/h4-8,15-16,24H,9-14,17-18H2,1-3H3/t24-/m0/s1. The van der Waals surface area contributed by atoms with E-state index in [4.69, 9.17) is 24.0 Å². The number of hydrogen-bond acceptors (Lipinski definition) is 7. The summed E-state index contributed by atoms with van der Waals surface area (Å²) in [5.74, 6) is 0.908. The molecule has 3 heterocycles. The van der Waals surface area contributed by atoms with Crippen LogP contribution in [0.2, 0.25) is 0 Å². The summed E-state index contributed by atoms with van der Waals surface area (Å²) in [6, 6.07) is 13.7. The van der Waals surface area contributed by atoms with Crippen LogP contribution in [0.5, 0.6) is 11.5 Å². The highest BCUT2D eigenvalue weighted by Gasteiger charge is 2.41. The minimum Gasteiger partial charge on any atom is -0.497 e. The quantitative estimate of drug-likeness (QED) is 0.631. The first-order valence-corrected chi connectivity index (χ1v) is 12.2. The van der Waals surface area contributed by atoms with Crippen molar-refractivity contribution in [3.63, 3.8) is 0 Å². The summed E-state index contributed by atoms with van der Waals surface area (Å²) in [5.41, 5.74) is 4.01. The van der Waals surface area contributed by atoms with E-state index in [2.05, 4.69) is 24.0 Å². The average molecular weight is 480 g/mol. The van der Waals surface area contributed by atoms with Gasteiger partial charge in [-0.15, -0.1) is 0 Å². The molecule has 3 aliphatic heterocycles. The lowest BCUT2D eigenvalue weighted by atomic mass is 9.96. The maximum atomic E-state index is 13.6. The van der Waals surface area contributed by atoms with E-state index in [1.165, 1.54) is 0 Å². The Kier molecular flexibility index (Phi) is 6.77. The number of carbonyl (C=O) groups is 1. The summed E-state index contributed by atoms with van der Waals surface area (Å²) < 4.78 is 22.7. The predicted molar refractivity (Wildman–Crippen MR) is 132 cm³/mol. The van der Waals surface area contributed by atoms with E-state index in [-0.39, 0.29) is 11.9 Å². The van der Waals surface area contributed by atoms with Crippen molar-refractivity contribution in [2.24, 2.45) is 5.10 Å². The Hall–Kier alpha value is -2.94. The fraction of sp³-hybridized carbons (Fsp3) is 0.481. The van der Waals surface area contributed by atoms with E-state index in [1.807, 2.05) is 30.3 Å². The molecule has 8 heteroatoms. The van der Waals surface area contributed by atoms with Crippen LogP contribution in [0.1, 0.15) is 42.0 Å². The molecule has 3 aliphatic rings. The van der Waals surface area contributed by atoms with Gasteiger partial charge in [-0.2, -0.15) is 5.10 Å². The van der Waals surface area contributed by atoms with E-state index < -0.39 is 5.79 Å². The van der Waals surface area contributed by atoms with Crippen molar-refractivity contribution in [1.29, 1.82) is 0 Å². The molecule has 2 aromatic rings. The largest absolute Gasteiger partial charge is 0.497 e. The van der Waals surface area contributed by atoms with Crippen LogP contribution in [-0.2, 0) is 14.3 Å². The minimum atomic E-state index is -0.456. The number of aryl methyl sites for hydroxylation is 1. The van der Waals surface area contributed by atoms with Gasteiger partial charge in [-0.3, -0.25) is 9.69 Å². The zero-order valence-electron chi connectivity index (χ0n) is 20.7. The van der Waals surface area contributed by atoms with Crippen LogP contribution < -0.4 is 9.47 Å². The lowest BCUT2D eigenvalue weighted by Gasteiger charge is -2.37. The van der Waals surface area contributed by atoms with Gasteiger partial charge in [0.1, 0.15) is 11.5 Å². The Bertz CT molecular complexity index is 1100. The summed E-state index contributed by atoms with van der Waals surface area (Å²) in [5, 5.41) is 6.50. The number of hydrogen-bond donors (Lipinski definition) is 0. The molecule has 0 saturated carbocycles. The minimum absolute atomic E-state index is 0.0280. The summed E-state index contributed by atoms with van der Waals surface area (Å²) in [4.78, 5) is 15.8. The average Bonchev–Trinajstić information content (AvgIpc) is 3.53. The zero-order valence-corrected chi connectivity index (χ0v) is 20.7. The number of nitrogens with zero attached hydrogens (tertiary/aromatic N) is 3. The van der Waals surface area contributed by atoms with Crippen LogP contribution in [0.15, 0.2) is 47.6 Å². The maximum absolute atomic E-state index is 13.6. The third-order valence-electron chi connectivity index (χ3n) is 7.11. The third kappa shape index (κ3) is 4.91. The molecule has 2 saturated heterocycles. The van der Waals surface area contributed by atoms with Crippen LogP contribution >= 0.6 is 0 Å². The number of hydrazone groups is 1. The van der Waals surface area contributed by atoms with Crippen LogP contribution in [0.3, 0.4) is 0 Å². The van der Waals surface area contributed by atoms with Gasteiger partial charge in [-0.25, -0.2) is 5.01 Å². The summed E-state index contributed by atoms with van der Waals surface area (Å²) >= 11 is 0. The number of methoxy groups -OCH3 is 2. The van der Waals surface area contributed by atoms with Gasteiger partial charge < -0.3 is 18.9 Å². The normalized spacial score (nSPS) is 21.9. The Labute approximate surface area is 206 Å². The first-order valence-electron chi connectivity index (χ1n) is 12.2. The molecule has 0 bridgehead atoms. The number of benzene rings is 2. The second kappa shape index (κ2) is 9.97. The monoisotopic (exact) mass is 479 g/mol. The molecular formula is C27H33N3O5. The highest BCUT2D eigenvalue weighted by Crippen LogP contribution is 2.39. The molecule has 0 aliphatic carbocycles. The molecule has 2 fully saturated rings. The number of likely N-dealkylation sites (tertiary alicyclic amines) is 1. The first-order chi connectivity index (χ1) is 17.0. The van der Waals surface area contributed by atoms with Gasteiger partial charge in [0.05, 0.1) is 45.7 Å². The topological polar surface area (TPSA) is 72.8 Å². The van der Waals surface area contributed by atoms with E-state index in [0.29, 0.717) is 37.7 Å². The van der Waals surface area contributed by atoms with Crippen molar-refractivity contribution in [1.82, 2.24) is 9.91 Å². The van der Waals surface area contributed by atoms with Gasteiger partial charge in [0.15, 0.2) is 5.79 Å². The number of carbonyl (C=O) groups excluding carboxylic acids is 1. The molecule has 0 radical (unpaired) electrons. The smallest absolute Gasteiger partial charge is 0.257 e. The summed E-state index contributed by atoms with van der Waals surface area (Å²) in [6.45, 7) is 5.17. The molecule has 8 nitrogen and oxygen atoms in total. The number of ether oxygens (including phenoxy) is 4. The van der Waals surface area contributed by atoms with Gasteiger partial charge in [-0.05, 0) is 24.6 Å². The van der Waals surface area contributed by atoms with Crippen molar-refractivity contribution in [3.8, 4) is 11.5 Å². The Morgan fingerprint density at radius 2 is 1.86 bits per heavy atom. The third-order valence-corrected chi connectivity index (χ3v) is 7.11. The molecule has 0 unspecified atom stereocenters. The molecule has 0 N–H and O–H groups in total. The fourth-order valence-corrected chi connectivity index (χ4v) is 5.18. The van der Waals surface area contributed by atoms with Crippen LogP contribution in [-0.4, -0.2) is 74.4 Å². The molecule has 5 rings (SSSR count). The number of rotatable bonds is 6. The summed E-state index contributed by atoms with van der Waals surface area (Å²) in [7, 11) is 3.27. The van der Waals surface area contributed by atoms with Gasteiger partial charge >= 0.3 is 0 Å². The summed E-state index contributed by atoms with van der Waals surface area (Å²) in [6.07, 6.45) is 2.16. The van der Waals surface area contributed by atoms with E-state index in [1.54, 1.807) is 19.2 Å². The van der Waals surface area contributed by atoms with E-state index >= 15 is 0 Å².